The van der Waals surface area contributed by atoms with Crippen LogP contribution in [-0.4, -0.2) is 25.6 Å². The van der Waals surface area contributed by atoms with Crippen LogP contribution in [0.5, 0.6) is 0 Å². The lowest BCUT2D eigenvalue weighted by atomic mass is 10.4. The lowest BCUT2D eigenvalue weighted by molar-refractivity contribution is 0.0681. The molecule has 0 amide bonds. The van der Waals surface area contributed by atoms with Crippen LogP contribution >= 0.6 is 11.6 Å². The van der Waals surface area contributed by atoms with E-state index in [4.69, 9.17) is 16.7 Å². The number of rotatable bonds is 2. The van der Waals surface area contributed by atoms with Crippen LogP contribution in [0.25, 0.3) is 5.82 Å². The van der Waals surface area contributed by atoms with E-state index in [0.29, 0.717) is 10.8 Å². The third kappa shape index (κ3) is 1.82. The van der Waals surface area contributed by atoms with Gasteiger partial charge in [-0.1, -0.05) is 11.6 Å². The van der Waals surface area contributed by atoms with Crippen LogP contribution in [0.1, 0.15) is 10.6 Å². The summed E-state index contributed by atoms with van der Waals surface area (Å²) in [6, 6.07) is 3.26. The molecule has 76 valence electrons. The molecule has 2 heterocycles. The Hall–Kier alpha value is -1.88. The quantitative estimate of drug-likeness (QED) is 0.840. The molecule has 5 nitrogen and oxygen atoms in total. The fourth-order valence-electron chi connectivity index (χ4n) is 1.16. The predicted molar refractivity (Wildman–Crippen MR) is 53.3 cm³/mol. The first kappa shape index (κ1) is 9.67. The van der Waals surface area contributed by atoms with Gasteiger partial charge in [0, 0.05) is 18.6 Å². The van der Waals surface area contributed by atoms with Gasteiger partial charge < -0.3 is 5.11 Å². The van der Waals surface area contributed by atoms with Crippen molar-refractivity contribution in [2.45, 2.75) is 0 Å². The van der Waals surface area contributed by atoms with Gasteiger partial charge in [-0.05, 0) is 12.1 Å². The van der Waals surface area contributed by atoms with Crippen LogP contribution in [0.15, 0.2) is 30.7 Å². The lowest BCUT2D eigenvalue weighted by Gasteiger charge is -2.02. The summed E-state index contributed by atoms with van der Waals surface area (Å²) in [7, 11) is 0. The van der Waals surface area contributed by atoms with Crippen LogP contribution in [0, 0.1) is 0 Å². The van der Waals surface area contributed by atoms with Crippen LogP contribution in [0.2, 0.25) is 5.02 Å². The summed E-state index contributed by atoms with van der Waals surface area (Å²) in [6.45, 7) is 0. The monoisotopic (exact) mass is 223 g/mol. The zero-order valence-electron chi connectivity index (χ0n) is 7.46. The van der Waals surface area contributed by atoms with Crippen LogP contribution in [0.4, 0.5) is 0 Å². The predicted octanol–water partition coefficient (Wildman–Crippen LogP) is 1.62. The lowest BCUT2D eigenvalue weighted by Crippen LogP contribution is -2.08. The van der Waals surface area contributed by atoms with Gasteiger partial charge in [0.15, 0.2) is 0 Å². The topological polar surface area (TPSA) is 68.0 Å². The van der Waals surface area contributed by atoms with Gasteiger partial charge in [-0.3, -0.25) is 4.57 Å². The Morgan fingerprint density at radius 1 is 1.40 bits per heavy atom. The van der Waals surface area contributed by atoms with Gasteiger partial charge >= 0.3 is 5.97 Å². The molecule has 2 aromatic heterocycles. The second-order valence-electron chi connectivity index (χ2n) is 2.76. The van der Waals surface area contributed by atoms with E-state index in [1.54, 1.807) is 12.1 Å². The number of halogens is 1. The van der Waals surface area contributed by atoms with Gasteiger partial charge in [0.05, 0.1) is 5.02 Å². The fourth-order valence-corrected chi connectivity index (χ4v) is 1.27. The highest BCUT2D eigenvalue weighted by molar-refractivity contribution is 6.30. The summed E-state index contributed by atoms with van der Waals surface area (Å²) in [4.78, 5) is 18.5. The number of aromatic nitrogens is 3. The van der Waals surface area contributed by atoms with Gasteiger partial charge in [0.2, 0.25) is 5.82 Å². The van der Waals surface area contributed by atoms with E-state index in [-0.39, 0.29) is 5.82 Å². The Labute approximate surface area is 90.0 Å². The molecule has 1 N–H and O–H groups in total. The van der Waals surface area contributed by atoms with Crippen molar-refractivity contribution < 1.29 is 9.90 Å². The standard InChI is InChI=1S/C9H6ClN3O2/c10-6-1-2-7(12-5-6)13-4-3-11-8(13)9(14)15/h1-5H,(H,14,15). The summed E-state index contributed by atoms with van der Waals surface area (Å²) in [5.41, 5.74) is 0. The van der Waals surface area contributed by atoms with Crippen molar-refractivity contribution in [2.75, 3.05) is 0 Å². The molecule has 15 heavy (non-hydrogen) atoms. The van der Waals surface area contributed by atoms with Crippen molar-refractivity contribution in [3.63, 3.8) is 0 Å². The SMILES string of the molecule is O=C(O)c1nccn1-c1ccc(Cl)cn1. The van der Waals surface area contributed by atoms with Gasteiger partial charge in [-0.15, -0.1) is 0 Å². The zero-order valence-corrected chi connectivity index (χ0v) is 8.22. The first-order chi connectivity index (χ1) is 7.18. The average Bonchev–Trinajstić information content (AvgIpc) is 2.67. The Balaban J connectivity index is 2.49. The highest BCUT2D eigenvalue weighted by atomic mass is 35.5. The maximum absolute atomic E-state index is 10.8. The number of carboxylic acid groups (broad SMARTS) is 1. The van der Waals surface area contributed by atoms with E-state index in [1.807, 2.05) is 0 Å². The summed E-state index contributed by atoms with van der Waals surface area (Å²) in [5, 5.41) is 9.33. The van der Waals surface area contributed by atoms with Crippen LogP contribution in [0.3, 0.4) is 0 Å². The molecule has 0 fully saturated rings. The molecule has 2 rings (SSSR count). The van der Waals surface area contributed by atoms with E-state index in [9.17, 15) is 4.79 Å². The molecule has 0 unspecified atom stereocenters. The number of imidazole rings is 1. The van der Waals surface area contributed by atoms with Gasteiger partial charge in [-0.2, -0.15) is 0 Å². The van der Waals surface area contributed by atoms with Gasteiger partial charge in [0.25, 0.3) is 0 Å². The molecule has 0 aliphatic heterocycles. The van der Waals surface area contributed by atoms with E-state index in [2.05, 4.69) is 9.97 Å². The molecule has 2 aromatic rings. The molecule has 0 aliphatic rings. The van der Waals surface area contributed by atoms with Crippen molar-refractivity contribution in [1.29, 1.82) is 0 Å². The molecular weight excluding hydrogens is 218 g/mol. The minimum Gasteiger partial charge on any atom is -0.475 e. The normalized spacial score (nSPS) is 10.2. The average molecular weight is 224 g/mol. The fraction of sp³-hybridized carbons (Fsp3) is 0. The van der Waals surface area contributed by atoms with Gasteiger partial charge in [-0.25, -0.2) is 14.8 Å². The first-order valence-corrected chi connectivity index (χ1v) is 4.45. The molecule has 0 bridgehead atoms. The van der Waals surface area contributed by atoms with Crippen molar-refractivity contribution >= 4 is 17.6 Å². The van der Waals surface area contributed by atoms with Crippen molar-refractivity contribution in [1.82, 2.24) is 14.5 Å². The smallest absolute Gasteiger partial charge is 0.372 e. The summed E-state index contributed by atoms with van der Waals surface area (Å²) in [5.74, 6) is -0.712. The summed E-state index contributed by atoms with van der Waals surface area (Å²) in [6.07, 6.45) is 4.38. The summed E-state index contributed by atoms with van der Waals surface area (Å²) >= 11 is 5.67. The molecule has 0 aromatic carbocycles. The molecule has 0 spiro atoms. The van der Waals surface area contributed by atoms with E-state index in [0.717, 1.165) is 0 Å². The summed E-state index contributed by atoms with van der Waals surface area (Å²) < 4.78 is 1.37. The molecule has 0 radical (unpaired) electrons. The third-order valence-corrected chi connectivity index (χ3v) is 2.01. The number of carbonyl (C=O) groups is 1. The number of aromatic carboxylic acids is 1. The molecular formula is C9H6ClN3O2. The molecule has 0 atom stereocenters. The number of pyridine rings is 1. The Morgan fingerprint density at radius 3 is 2.80 bits per heavy atom. The number of nitrogens with zero attached hydrogens (tertiary/aromatic N) is 3. The van der Waals surface area contributed by atoms with Crippen molar-refractivity contribution in [2.24, 2.45) is 0 Å². The molecule has 0 saturated heterocycles. The van der Waals surface area contributed by atoms with Crippen LogP contribution in [-0.2, 0) is 0 Å². The largest absolute Gasteiger partial charge is 0.475 e. The highest BCUT2D eigenvalue weighted by Crippen LogP contribution is 2.11. The molecule has 0 aliphatic carbocycles. The first-order valence-electron chi connectivity index (χ1n) is 4.07. The van der Waals surface area contributed by atoms with E-state index < -0.39 is 5.97 Å². The third-order valence-electron chi connectivity index (χ3n) is 1.79. The second kappa shape index (κ2) is 3.70. The van der Waals surface area contributed by atoms with Gasteiger partial charge in [0.1, 0.15) is 5.82 Å². The Kier molecular flexibility index (Phi) is 2.39. The number of carboxylic acids is 1. The second-order valence-corrected chi connectivity index (χ2v) is 3.20. The minimum atomic E-state index is -1.10. The number of hydrogen-bond donors (Lipinski definition) is 1. The maximum atomic E-state index is 10.8. The Bertz CT molecular complexity index is 492. The zero-order chi connectivity index (χ0) is 10.8. The maximum Gasteiger partial charge on any atom is 0.372 e. The molecule has 6 heteroatoms. The highest BCUT2D eigenvalue weighted by Gasteiger charge is 2.12. The number of hydrogen-bond acceptors (Lipinski definition) is 3. The van der Waals surface area contributed by atoms with Crippen molar-refractivity contribution in [3.05, 3.63) is 41.6 Å². The van der Waals surface area contributed by atoms with Crippen molar-refractivity contribution in [3.8, 4) is 5.82 Å². The molecule has 0 saturated carbocycles. The minimum absolute atomic E-state index is 0.0789. The van der Waals surface area contributed by atoms with E-state index >= 15 is 0 Å². The van der Waals surface area contributed by atoms with E-state index in [1.165, 1.54) is 23.2 Å². The Morgan fingerprint density at radius 2 is 2.20 bits per heavy atom. The van der Waals surface area contributed by atoms with Crippen LogP contribution < -0.4 is 0 Å².